The molecule has 0 aromatic heterocycles. The minimum absolute atomic E-state index is 0.242. The van der Waals surface area contributed by atoms with E-state index >= 15 is 0 Å². The van der Waals surface area contributed by atoms with Crippen LogP contribution in [-0.4, -0.2) is 31.1 Å². The lowest BCUT2D eigenvalue weighted by molar-refractivity contribution is -0.140. The first-order chi connectivity index (χ1) is 9.66. The molecule has 2 N–H and O–H groups in total. The van der Waals surface area contributed by atoms with Gasteiger partial charge in [-0.2, -0.15) is 0 Å². The van der Waals surface area contributed by atoms with Crippen LogP contribution in [0.3, 0.4) is 0 Å². The van der Waals surface area contributed by atoms with E-state index in [1.54, 1.807) is 0 Å². The number of nitrogens with one attached hydrogen (secondary N) is 1. The van der Waals surface area contributed by atoms with E-state index in [1.807, 2.05) is 51.0 Å². The summed E-state index contributed by atoms with van der Waals surface area (Å²) < 4.78 is 0.855. The normalized spacial score (nSPS) is 22.5. The van der Waals surface area contributed by atoms with Crippen molar-refractivity contribution in [3.05, 3.63) is 22.7 Å². The third-order valence-corrected chi connectivity index (χ3v) is 4.57. The lowest BCUT2D eigenvalue weighted by Gasteiger charge is -2.18. The van der Waals surface area contributed by atoms with Gasteiger partial charge in [0, 0.05) is 18.6 Å². The summed E-state index contributed by atoms with van der Waals surface area (Å²) in [6.45, 7) is 3.62. The van der Waals surface area contributed by atoms with Crippen molar-refractivity contribution >= 4 is 39.2 Å². The highest BCUT2D eigenvalue weighted by Gasteiger charge is 2.65. The molecule has 6 heteroatoms. The number of benzene rings is 1. The fourth-order valence-corrected chi connectivity index (χ4v) is 3.16. The Bertz CT molecular complexity index is 599. The van der Waals surface area contributed by atoms with Crippen LogP contribution in [-0.2, 0) is 9.59 Å². The van der Waals surface area contributed by atoms with Crippen LogP contribution in [0.15, 0.2) is 22.7 Å². The van der Waals surface area contributed by atoms with Crippen molar-refractivity contribution in [2.24, 2.45) is 17.3 Å². The topological polar surface area (TPSA) is 69.6 Å². The number of halogens is 1. The van der Waals surface area contributed by atoms with E-state index in [-0.39, 0.29) is 5.91 Å². The highest BCUT2D eigenvalue weighted by Crippen LogP contribution is 2.58. The molecule has 1 aromatic carbocycles. The van der Waals surface area contributed by atoms with Crippen LogP contribution in [0.2, 0.25) is 0 Å². The Hall–Kier alpha value is -1.56. The number of aliphatic carboxylic acids is 1. The fraction of sp³-hybridized carbons (Fsp3) is 0.467. The Morgan fingerprint density at radius 3 is 2.38 bits per heavy atom. The van der Waals surface area contributed by atoms with Crippen LogP contribution in [0, 0.1) is 17.3 Å². The van der Waals surface area contributed by atoms with Crippen LogP contribution >= 0.6 is 15.9 Å². The number of anilines is 2. The maximum atomic E-state index is 12.4. The van der Waals surface area contributed by atoms with E-state index in [0.29, 0.717) is 5.69 Å². The van der Waals surface area contributed by atoms with Gasteiger partial charge in [-0.3, -0.25) is 9.59 Å². The molecule has 0 bridgehead atoms. The highest BCUT2D eigenvalue weighted by molar-refractivity contribution is 9.10. The van der Waals surface area contributed by atoms with Crippen molar-refractivity contribution in [3.63, 3.8) is 0 Å². The number of amides is 1. The summed E-state index contributed by atoms with van der Waals surface area (Å²) in [6, 6.07) is 5.61. The van der Waals surface area contributed by atoms with Crippen LogP contribution in [0.25, 0.3) is 0 Å². The molecule has 1 aromatic rings. The Morgan fingerprint density at radius 2 is 1.90 bits per heavy atom. The van der Waals surface area contributed by atoms with Crippen molar-refractivity contribution in [2.45, 2.75) is 13.8 Å². The fourth-order valence-electron chi connectivity index (χ4n) is 2.80. The number of carbonyl (C=O) groups is 2. The van der Waals surface area contributed by atoms with Gasteiger partial charge in [0.25, 0.3) is 0 Å². The van der Waals surface area contributed by atoms with Crippen molar-refractivity contribution in [3.8, 4) is 0 Å². The maximum Gasteiger partial charge on any atom is 0.307 e. The predicted molar refractivity (Wildman–Crippen MR) is 85.5 cm³/mol. The number of carboxylic acid groups (broad SMARTS) is 1. The molecule has 0 heterocycles. The molecule has 5 nitrogen and oxygen atoms in total. The summed E-state index contributed by atoms with van der Waals surface area (Å²) >= 11 is 3.38. The van der Waals surface area contributed by atoms with Crippen LogP contribution in [0.4, 0.5) is 11.4 Å². The zero-order valence-corrected chi connectivity index (χ0v) is 14.1. The molecule has 1 amide bonds. The lowest BCUT2D eigenvalue weighted by Crippen LogP contribution is -2.20. The molecule has 2 rings (SSSR count). The quantitative estimate of drug-likeness (QED) is 0.872. The van der Waals surface area contributed by atoms with Gasteiger partial charge in [-0.15, -0.1) is 0 Å². The van der Waals surface area contributed by atoms with Gasteiger partial charge in [-0.1, -0.05) is 29.8 Å². The Kier molecular flexibility index (Phi) is 4.02. The molecule has 0 aliphatic heterocycles. The maximum absolute atomic E-state index is 12.4. The molecule has 1 aliphatic carbocycles. The largest absolute Gasteiger partial charge is 0.481 e. The summed E-state index contributed by atoms with van der Waals surface area (Å²) in [7, 11) is 3.78. The predicted octanol–water partition coefficient (Wildman–Crippen LogP) is 2.81. The lowest BCUT2D eigenvalue weighted by atomic mass is 10.1. The second-order valence-electron chi connectivity index (χ2n) is 6.16. The first kappa shape index (κ1) is 15.8. The molecular formula is C15H19BrN2O3. The number of carboxylic acids is 1. The van der Waals surface area contributed by atoms with E-state index in [0.717, 1.165) is 10.2 Å². The van der Waals surface area contributed by atoms with E-state index < -0.39 is 23.2 Å². The molecule has 0 spiro atoms. The van der Waals surface area contributed by atoms with Gasteiger partial charge in [0.2, 0.25) is 5.91 Å². The van der Waals surface area contributed by atoms with Crippen molar-refractivity contribution in [1.82, 2.24) is 0 Å². The van der Waals surface area contributed by atoms with E-state index in [2.05, 4.69) is 21.2 Å². The minimum Gasteiger partial charge on any atom is -0.481 e. The molecule has 1 saturated carbocycles. The number of carbonyl (C=O) groups excluding carboxylic acids is 1. The molecule has 114 valence electrons. The van der Waals surface area contributed by atoms with Gasteiger partial charge in [-0.05, 0) is 23.6 Å². The average molecular weight is 355 g/mol. The zero-order valence-electron chi connectivity index (χ0n) is 12.5. The van der Waals surface area contributed by atoms with Crippen molar-refractivity contribution in [1.29, 1.82) is 0 Å². The summed E-state index contributed by atoms with van der Waals surface area (Å²) in [5.74, 6) is -2.27. The van der Waals surface area contributed by atoms with Gasteiger partial charge >= 0.3 is 5.97 Å². The van der Waals surface area contributed by atoms with Gasteiger partial charge in [0.1, 0.15) is 0 Å². The van der Waals surface area contributed by atoms with Gasteiger partial charge in [0.05, 0.1) is 23.2 Å². The zero-order chi connectivity index (χ0) is 15.9. The SMILES string of the molecule is CN(C)c1ccc(Br)cc1NC(=O)C1C(C(=O)O)C1(C)C. The molecule has 0 saturated heterocycles. The smallest absolute Gasteiger partial charge is 0.307 e. The second kappa shape index (κ2) is 5.33. The van der Waals surface area contributed by atoms with E-state index in [4.69, 9.17) is 5.11 Å². The number of rotatable bonds is 4. The third-order valence-electron chi connectivity index (χ3n) is 4.07. The van der Waals surface area contributed by atoms with Crippen molar-refractivity contribution in [2.75, 3.05) is 24.3 Å². The summed E-state index contributed by atoms with van der Waals surface area (Å²) in [6.07, 6.45) is 0. The van der Waals surface area contributed by atoms with Crippen LogP contribution < -0.4 is 10.2 Å². The van der Waals surface area contributed by atoms with Gasteiger partial charge < -0.3 is 15.3 Å². The molecule has 1 fully saturated rings. The molecule has 21 heavy (non-hydrogen) atoms. The standard InChI is InChI=1S/C15H19BrN2O3/c1-15(2)11(12(15)14(20)21)13(19)17-9-7-8(16)5-6-10(9)18(3)4/h5-7,11-12H,1-4H3,(H,17,19)(H,20,21). The number of nitrogens with zero attached hydrogens (tertiary/aromatic N) is 1. The molecule has 0 radical (unpaired) electrons. The Balaban J connectivity index is 2.22. The van der Waals surface area contributed by atoms with Crippen LogP contribution in [0.5, 0.6) is 0 Å². The Morgan fingerprint density at radius 1 is 1.29 bits per heavy atom. The Labute approximate surface area is 132 Å². The second-order valence-corrected chi connectivity index (χ2v) is 7.08. The average Bonchev–Trinajstić information content (AvgIpc) is 2.92. The van der Waals surface area contributed by atoms with Gasteiger partial charge in [-0.25, -0.2) is 0 Å². The van der Waals surface area contributed by atoms with E-state index in [9.17, 15) is 9.59 Å². The van der Waals surface area contributed by atoms with Gasteiger partial charge in [0.15, 0.2) is 0 Å². The minimum atomic E-state index is -0.915. The summed E-state index contributed by atoms with van der Waals surface area (Å²) in [5.41, 5.74) is 1.04. The van der Waals surface area contributed by atoms with Crippen molar-refractivity contribution < 1.29 is 14.7 Å². The third kappa shape index (κ3) is 2.90. The number of hydrogen-bond acceptors (Lipinski definition) is 3. The first-order valence-corrected chi connectivity index (χ1v) is 7.46. The molecule has 2 atom stereocenters. The van der Waals surface area contributed by atoms with E-state index in [1.165, 1.54) is 0 Å². The molecule has 1 aliphatic rings. The summed E-state index contributed by atoms with van der Waals surface area (Å²) in [5, 5.41) is 12.0. The van der Waals surface area contributed by atoms with Crippen LogP contribution in [0.1, 0.15) is 13.8 Å². The first-order valence-electron chi connectivity index (χ1n) is 6.66. The highest BCUT2D eigenvalue weighted by atomic mass is 79.9. The molecule has 2 unspecified atom stereocenters. The summed E-state index contributed by atoms with van der Waals surface area (Å²) in [4.78, 5) is 25.5. The monoisotopic (exact) mass is 354 g/mol. The molecular weight excluding hydrogens is 336 g/mol. The number of hydrogen-bond donors (Lipinski definition) is 2.